The molecule has 2 saturated heterocycles. The predicted molar refractivity (Wildman–Crippen MR) is 87.5 cm³/mol. The monoisotopic (exact) mass is 317 g/mol. The van der Waals surface area contributed by atoms with Gasteiger partial charge in [0.15, 0.2) is 0 Å². The zero-order valence-corrected chi connectivity index (χ0v) is 13.5. The Kier molecular flexibility index (Phi) is 4.35. The van der Waals surface area contributed by atoms with Crippen LogP contribution in [0.4, 0.5) is 5.69 Å². The Morgan fingerprint density at radius 1 is 1.22 bits per heavy atom. The van der Waals surface area contributed by atoms with Gasteiger partial charge in [-0.25, -0.2) is 0 Å². The number of rotatable bonds is 2. The maximum absolute atomic E-state index is 12.6. The number of nitro benzene ring substituents is 1. The summed E-state index contributed by atoms with van der Waals surface area (Å²) in [5.41, 5.74) is 1.41. The number of benzene rings is 1. The first-order chi connectivity index (χ1) is 11.0. The molecule has 2 heterocycles. The lowest BCUT2D eigenvalue weighted by Crippen LogP contribution is -2.47. The second-order valence-corrected chi connectivity index (χ2v) is 6.80. The van der Waals surface area contributed by atoms with E-state index in [0.717, 1.165) is 39.0 Å². The maximum Gasteiger partial charge on any atom is 0.273 e. The molecule has 0 radical (unpaired) electrons. The highest BCUT2D eigenvalue weighted by Crippen LogP contribution is 2.39. The van der Waals surface area contributed by atoms with Crippen LogP contribution in [0.3, 0.4) is 0 Å². The SMILES string of the molecule is Cc1ccc(C(=O)N2CCC3(CCNCC3)CC2)cc1[N+](=O)[O-]. The van der Waals surface area contributed by atoms with Gasteiger partial charge in [0.2, 0.25) is 0 Å². The normalized spacial score (nSPS) is 20.5. The number of carbonyl (C=O) groups is 1. The summed E-state index contributed by atoms with van der Waals surface area (Å²) in [5.74, 6) is -0.0862. The van der Waals surface area contributed by atoms with Crippen LogP contribution in [0.15, 0.2) is 18.2 Å². The quantitative estimate of drug-likeness (QED) is 0.672. The molecular weight excluding hydrogens is 294 g/mol. The van der Waals surface area contributed by atoms with Crippen molar-refractivity contribution in [3.63, 3.8) is 0 Å². The maximum atomic E-state index is 12.6. The van der Waals surface area contributed by atoms with Crippen molar-refractivity contribution in [1.29, 1.82) is 0 Å². The van der Waals surface area contributed by atoms with E-state index < -0.39 is 4.92 Å². The molecule has 1 aromatic carbocycles. The van der Waals surface area contributed by atoms with Gasteiger partial charge in [0.25, 0.3) is 11.6 Å². The molecule has 1 aromatic rings. The summed E-state index contributed by atoms with van der Waals surface area (Å²) in [6.45, 7) is 5.32. The lowest BCUT2D eigenvalue weighted by atomic mass is 9.71. The minimum absolute atomic E-state index is 0.0164. The van der Waals surface area contributed by atoms with Crippen molar-refractivity contribution in [1.82, 2.24) is 10.2 Å². The number of hydrogen-bond donors (Lipinski definition) is 1. The number of nitrogens with zero attached hydrogens (tertiary/aromatic N) is 2. The molecule has 0 aromatic heterocycles. The smallest absolute Gasteiger partial charge is 0.273 e. The van der Waals surface area contributed by atoms with Crippen molar-refractivity contribution in [3.8, 4) is 0 Å². The molecule has 0 unspecified atom stereocenters. The Morgan fingerprint density at radius 3 is 2.48 bits per heavy atom. The molecule has 2 aliphatic heterocycles. The van der Waals surface area contributed by atoms with Crippen LogP contribution in [-0.4, -0.2) is 41.9 Å². The van der Waals surface area contributed by atoms with Gasteiger partial charge in [-0.1, -0.05) is 6.07 Å². The van der Waals surface area contributed by atoms with Crippen LogP contribution in [0.25, 0.3) is 0 Å². The van der Waals surface area contributed by atoms with E-state index in [-0.39, 0.29) is 11.6 Å². The molecule has 1 spiro atoms. The predicted octanol–water partition coefficient (Wildman–Crippen LogP) is 2.51. The molecule has 2 aliphatic rings. The summed E-state index contributed by atoms with van der Waals surface area (Å²) in [4.78, 5) is 25.1. The first-order valence-electron chi connectivity index (χ1n) is 8.26. The standard InChI is InChI=1S/C17H23N3O3/c1-13-2-3-14(12-15(13)20(22)23)16(21)19-10-6-17(7-11-19)4-8-18-9-5-17/h2-3,12,18H,4-11H2,1H3. The van der Waals surface area contributed by atoms with Crippen molar-refractivity contribution in [3.05, 3.63) is 39.4 Å². The van der Waals surface area contributed by atoms with Crippen molar-refractivity contribution in [2.45, 2.75) is 32.6 Å². The number of likely N-dealkylation sites (tertiary alicyclic amines) is 1. The summed E-state index contributed by atoms with van der Waals surface area (Å²) in [7, 11) is 0. The minimum atomic E-state index is -0.424. The molecule has 6 nitrogen and oxygen atoms in total. The Bertz CT molecular complexity index is 614. The Morgan fingerprint density at radius 2 is 1.87 bits per heavy atom. The molecule has 0 saturated carbocycles. The zero-order valence-electron chi connectivity index (χ0n) is 13.5. The third kappa shape index (κ3) is 3.22. The molecular formula is C17H23N3O3. The lowest BCUT2D eigenvalue weighted by Gasteiger charge is -2.44. The van der Waals surface area contributed by atoms with Gasteiger partial charge in [0.05, 0.1) is 4.92 Å². The van der Waals surface area contributed by atoms with Crippen LogP contribution in [0.2, 0.25) is 0 Å². The van der Waals surface area contributed by atoms with E-state index in [4.69, 9.17) is 0 Å². The van der Waals surface area contributed by atoms with Crippen LogP contribution in [0, 0.1) is 22.5 Å². The van der Waals surface area contributed by atoms with Crippen molar-refractivity contribution in [2.24, 2.45) is 5.41 Å². The van der Waals surface area contributed by atoms with E-state index in [1.54, 1.807) is 19.1 Å². The molecule has 3 rings (SSSR count). The number of piperidine rings is 2. The molecule has 1 amide bonds. The fraction of sp³-hybridized carbons (Fsp3) is 0.588. The number of amides is 1. The summed E-state index contributed by atoms with van der Waals surface area (Å²) in [6, 6.07) is 4.76. The first kappa shape index (κ1) is 15.9. The van der Waals surface area contributed by atoms with E-state index >= 15 is 0 Å². The fourth-order valence-electron chi connectivity index (χ4n) is 3.76. The van der Waals surface area contributed by atoms with E-state index in [1.807, 2.05) is 4.90 Å². The highest BCUT2D eigenvalue weighted by molar-refractivity contribution is 5.95. The average molecular weight is 317 g/mol. The van der Waals surface area contributed by atoms with E-state index in [2.05, 4.69) is 5.32 Å². The summed E-state index contributed by atoms with van der Waals surface area (Å²) in [5, 5.41) is 14.4. The molecule has 0 atom stereocenters. The summed E-state index contributed by atoms with van der Waals surface area (Å²) in [6.07, 6.45) is 4.44. The van der Waals surface area contributed by atoms with Crippen LogP contribution >= 0.6 is 0 Å². The van der Waals surface area contributed by atoms with Gasteiger partial charge < -0.3 is 10.2 Å². The lowest BCUT2D eigenvalue weighted by molar-refractivity contribution is -0.385. The molecule has 6 heteroatoms. The first-order valence-corrected chi connectivity index (χ1v) is 8.26. The van der Waals surface area contributed by atoms with Gasteiger partial charge in [-0.15, -0.1) is 0 Å². The molecule has 2 fully saturated rings. The number of nitrogens with one attached hydrogen (secondary N) is 1. The van der Waals surface area contributed by atoms with Gasteiger partial charge in [-0.2, -0.15) is 0 Å². The van der Waals surface area contributed by atoms with Gasteiger partial charge in [-0.05, 0) is 57.2 Å². The minimum Gasteiger partial charge on any atom is -0.339 e. The Labute approximate surface area is 136 Å². The van der Waals surface area contributed by atoms with Gasteiger partial charge in [0, 0.05) is 30.3 Å². The molecule has 124 valence electrons. The molecule has 1 N–H and O–H groups in total. The zero-order chi connectivity index (χ0) is 16.4. The second-order valence-electron chi connectivity index (χ2n) is 6.80. The summed E-state index contributed by atoms with van der Waals surface area (Å²) >= 11 is 0. The third-order valence-corrected chi connectivity index (χ3v) is 5.43. The van der Waals surface area contributed by atoms with Crippen LogP contribution in [0.1, 0.15) is 41.6 Å². The Hall–Kier alpha value is -1.95. The largest absolute Gasteiger partial charge is 0.339 e. The second kappa shape index (κ2) is 6.28. The van der Waals surface area contributed by atoms with Crippen molar-refractivity contribution in [2.75, 3.05) is 26.2 Å². The third-order valence-electron chi connectivity index (χ3n) is 5.43. The summed E-state index contributed by atoms with van der Waals surface area (Å²) < 4.78 is 0. The number of aryl methyl sites for hydroxylation is 1. The van der Waals surface area contributed by atoms with E-state index in [1.165, 1.54) is 18.9 Å². The van der Waals surface area contributed by atoms with Crippen LogP contribution in [-0.2, 0) is 0 Å². The van der Waals surface area contributed by atoms with Crippen molar-refractivity contribution >= 4 is 11.6 Å². The number of nitro groups is 1. The van der Waals surface area contributed by atoms with Crippen molar-refractivity contribution < 1.29 is 9.72 Å². The van der Waals surface area contributed by atoms with Gasteiger partial charge >= 0.3 is 0 Å². The van der Waals surface area contributed by atoms with E-state index in [0.29, 0.717) is 16.5 Å². The number of carbonyl (C=O) groups excluding carboxylic acids is 1. The highest BCUT2D eigenvalue weighted by atomic mass is 16.6. The number of hydrogen-bond acceptors (Lipinski definition) is 4. The van der Waals surface area contributed by atoms with Crippen LogP contribution < -0.4 is 5.32 Å². The molecule has 0 bridgehead atoms. The van der Waals surface area contributed by atoms with Crippen LogP contribution in [0.5, 0.6) is 0 Å². The fourth-order valence-corrected chi connectivity index (χ4v) is 3.76. The topological polar surface area (TPSA) is 75.5 Å². The average Bonchev–Trinajstić information content (AvgIpc) is 2.56. The molecule has 23 heavy (non-hydrogen) atoms. The Balaban J connectivity index is 1.70. The van der Waals surface area contributed by atoms with Gasteiger partial charge in [0.1, 0.15) is 0 Å². The molecule has 0 aliphatic carbocycles. The van der Waals surface area contributed by atoms with E-state index in [9.17, 15) is 14.9 Å². The van der Waals surface area contributed by atoms with Gasteiger partial charge in [-0.3, -0.25) is 14.9 Å². The highest BCUT2D eigenvalue weighted by Gasteiger charge is 2.37.